The summed E-state index contributed by atoms with van der Waals surface area (Å²) in [5.41, 5.74) is 6.27. The third-order valence-electron chi connectivity index (χ3n) is 8.28. The van der Waals surface area contributed by atoms with Crippen LogP contribution in [0.15, 0.2) is 54.3 Å². The van der Waals surface area contributed by atoms with E-state index < -0.39 is 6.29 Å². The Kier molecular flexibility index (Phi) is 12.0. The normalized spacial score (nSPS) is 23.7. The van der Waals surface area contributed by atoms with Crippen molar-refractivity contribution in [3.8, 4) is 11.1 Å². The fourth-order valence-electron chi connectivity index (χ4n) is 6.19. The van der Waals surface area contributed by atoms with E-state index in [1.165, 1.54) is 27.8 Å². The van der Waals surface area contributed by atoms with Gasteiger partial charge in [-0.1, -0.05) is 42.5 Å². The molecule has 0 bridgehead atoms. The van der Waals surface area contributed by atoms with Crippen molar-refractivity contribution >= 4 is 5.91 Å². The van der Waals surface area contributed by atoms with E-state index in [0.29, 0.717) is 85.4 Å². The number of aliphatic hydroxyl groups is 1. The molecule has 43 heavy (non-hydrogen) atoms. The van der Waals surface area contributed by atoms with Gasteiger partial charge in [-0.25, -0.2) is 0 Å². The Bertz CT molecular complexity index is 1200. The van der Waals surface area contributed by atoms with Crippen molar-refractivity contribution in [2.45, 2.75) is 38.4 Å². The second kappa shape index (κ2) is 16.3. The highest BCUT2D eigenvalue weighted by molar-refractivity contribution is 5.92. The predicted octanol–water partition coefficient (Wildman–Crippen LogP) is 3.92. The minimum absolute atomic E-state index is 0.0616. The van der Waals surface area contributed by atoms with Crippen LogP contribution >= 0.6 is 0 Å². The fourth-order valence-corrected chi connectivity index (χ4v) is 6.19. The zero-order valence-electron chi connectivity index (χ0n) is 25.2. The molecule has 5 rings (SSSR count). The number of rotatable bonds is 7. The van der Waals surface area contributed by atoms with Crippen LogP contribution in [-0.4, -0.2) is 101 Å². The van der Waals surface area contributed by atoms with Gasteiger partial charge in [0.05, 0.1) is 52.9 Å². The summed E-state index contributed by atoms with van der Waals surface area (Å²) in [6.07, 6.45) is 3.54. The molecule has 2 aromatic rings. The van der Waals surface area contributed by atoms with Crippen LogP contribution in [0.2, 0.25) is 0 Å². The maximum absolute atomic E-state index is 14.1. The molecule has 0 radical (unpaired) electrons. The van der Waals surface area contributed by atoms with Crippen molar-refractivity contribution < 1.29 is 38.3 Å². The number of ether oxygens (including phenoxy) is 6. The molecule has 234 valence electrons. The van der Waals surface area contributed by atoms with E-state index in [1.807, 2.05) is 13.0 Å². The van der Waals surface area contributed by atoms with E-state index in [2.05, 4.69) is 42.5 Å². The van der Waals surface area contributed by atoms with Crippen LogP contribution in [0.4, 0.5) is 0 Å². The summed E-state index contributed by atoms with van der Waals surface area (Å²) in [7, 11) is 0. The summed E-state index contributed by atoms with van der Waals surface area (Å²) in [5.74, 6) is -0.115. The molecule has 3 aliphatic rings. The summed E-state index contributed by atoms with van der Waals surface area (Å²) in [6, 6.07) is 15.0. The third kappa shape index (κ3) is 8.03. The molecular formula is C34H45NO8. The van der Waals surface area contributed by atoms with Crippen molar-refractivity contribution in [2.75, 3.05) is 79.2 Å². The molecular weight excluding hydrogens is 550 g/mol. The van der Waals surface area contributed by atoms with E-state index in [9.17, 15) is 9.90 Å². The summed E-state index contributed by atoms with van der Waals surface area (Å²) >= 11 is 0. The van der Waals surface area contributed by atoms with Gasteiger partial charge < -0.3 is 38.4 Å². The molecule has 9 heteroatoms. The second-order valence-electron chi connectivity index (χ2n) is 11.0. The average molecular weight is 596 g/mol. The number of carbonyl (C=O) groups excluding carboxylic acids is 1. The van der Waals surface area contributed by atoms with Crippen LogP contribution in [-0.2, 0) is 39.6 Å². The molecule has 0 saturated carbocycles. The molecule has 9 nitrogen and oxygen atoms in total. The summed E-state index contributed by atoms with van der Waals surface area (Å²) < 4.78 is 35.1. The molecule has 2 aromatic carbocycles. The van der Waals surface area contributed by atoms with E-state index in [-0.39, 0.29) is 30.1 Å². The van der Waals surface area contributed by atoms with Crippen molar-refractivity contribution in [1.29, 1.82) is 0 Å². The number of hydrogen-bond donors (Lipinski definition) is 1. The first-order chi connectivity index (χ1) is 21.2. The molecule has 1 saturated heterocycles. The van der Waals surface area contributed by atoms with Crippen LogP contribution in [0.1, 0.15) is 42.4 Å². The molecule has 0 unspecified atom stereocenters. The lowest BCUT2D eigenvalue weighted by Gasteiger charge is -2.38. The minimum atomic E-state index is -0.615. The van der Waals surface area contributed by atoms with Crippen LogP contribution < -0.4 is 0 Å². The molecule has 0 spiro atoms. The van der Waals surface area contributed by atoms with Crippen molar-refractivity contribution in [1.82, 2.24) is 4.90 Å². The monoisotopic (exact) mass is 595 g/mol. The van der Waals surface area contributed by atoms with Gasteiger partial charge in [0.15, 0.2) is 5.76 Å². The SMILES string of the molecule is CCO[C@@H]1OC(C(=O)N2CCOCCOCCOCCOCC2)=C[C@H](c2cccc3c2Cc2ccccc2-3)[C@H]1CCCO. The second-order valence-corrected chi connectivity index (χ2v) is 11.0. The Morgan fingerprint density at radius 1 is 0.884 bits per heavy atom. The van der Waals surface area contributed by atoms with Crippen LogP contribution in [0, 0.1) is 5.92 Å². The van der Waals surface area contributed by atoms with Gasteiger partial charge in [0, 0.05) is 38.1 Å². The van der Waals surface area contributed by atoms with Gasteiger partial charge in [-0.3, -0.25) is 4.79 Å². The van der Waals surface area contributed by atoms with Crippen molar-refractivity contribution in [2.24, 2.45) is 5.92 Å². The van der Waals surface area contributed by atoms with Gasteiger partial charge in [-0.2, -0.15) is 0 Å². The Hall–Kier alpha value is -2.79. The lowest BCUT2D eigenvalue weighted by Crippen LogP contribution is -2.43. The van der Waals surface area contributed by atoms with Gasteiger partial charge in [0.25, 0.3) is 5.91 Å². The van der Waals surface area contributed by atoms with Crippen molar-refractivity contribution in [3.63, 3.8) is 0 Å². The zero-order valence-corrected chi connectivity index (χ0v) is 25.2. The lowest BCUT2D eigenvalue weighted by molar-refractivity contribution is -0.170. The van der Waals surface area contributed by atoms with Gasteiger partial charge >= 0.3 is 0 Å². The van der Waals surface area contributed by atoms with E-state index >= 15 is 0 Å². The van der Waals surface area contributed by atoms with Gasteiger partial charge in [0.2, 0.25) is 6.29 Å². The Balaban J connectivity index is 1.44. The van der Waals surface area contributed by atoms with Crippen LogP contribution in [0.25, 0.3) is 11.1 Å². The van der Waals surface area contributed by atoms with Gasteiger partial charge in [0.1, 0.15) is 0 Å². The number of amides is 1. The van der Waals surface area contributed by atoms with Gasteiger partial charge in [-0.15, -0.1) is 0 Å². The minimum Gasteiger partial charge on any atom is -0.459 e. The van der Waals surface area contributed by atoms with Crippen LogP contribution in [0.3, 0.4) is 0 Å². The Morgan fingerprint density at radius 2 is 1.53 bits per heavy atom. The predicted molar refractivity (Wildman–Crippen MR) is 162 cm³/mol. The first kappa shape index (κ1) is 31.6. The first-order valence-corrected chi connectivity index (χ1v) is 15.6. The quantitative estimate of drug-likeness (QED) is 0.439. The van der Waals surface area contributed by atoms with E-state index in [4.69, 9.17) is 28.4 Å². The molecule has 0 aromatic heterocycles. The highest BCUT2D eigenvalue weighted by Gasteiger charge is 2.40. The highest BCUT2D eigenvalue weighted by Crippen LogP contribution is 2.46. The number of aliphatic hydroxyl groups excluding tert-OH is 1. The number of allylic oxidation sites excluding steroid dienone is 1. The zero-order chi connectivity index (χ0) is 29.9. The largest absolute Gasteiger partial charge is 0.459 e. The number of fused-ring (bicyclic) bond motifs is 3. The molecule has 2 heterocycles. The molecule has 1 amide bonds. The molecule has 1 aliphatic carbocycles. The number of benzene rings is 2. The van der Waals surface area contributed by atoms with Crippen LogP contribution in [0.5, 0.6) is 0 Å². The van der Waals surface area contributed by atoms with Gasteiger partial charge in [-0.05, 0) is 60.1 Å². The first-order valence-electron chi connectivity index (χ1n) is 15.6. The topological polar surface area (TPSA) is 95.9 Å². The molecule has 1 fully saturated rings. The Morgan fingerprint density at radius 3 is 2.21 bits per heavy atom. The number of hydrogen-bond acceptors (Lipinski definition) is 8. The summed E-state index contributed by atoms with van der Waals surface area (Å²) in [5, 5.41) is 9.74. The summed E-state index contributed by atoms with van der Waals surface area (Å²) in [4.78, 5) is 15.8. The highest BCUT2D eigenvalue weighted by atomic mass is 16.7. The maximum Gasteiger partial charge on any atom is 0.288 e. The lowest BCUT2D eigenvalue weighted by atomic mass is 9.78. The number of carbonyl (C=O) groups is 1. The maximum atomic E-state index is 14.1. The molecule has 2 aliphatic heterocycles. The number of nitrogens with zero attached hydrogens (tertiary/aromatic N) is 1. The molecule has 1 N–H and O–H groups in total. The molecule has 3 atom stereocenters. The van der Waals surface area contributed by atoms with E-state index in [0.717, 1.165) is 6.42 Å². The average Bonchev–Trinajstić information content (AvgIpc) is 3.41. The van der Waals surface area contributed by atoms with E-state index in [1.54, 1.807) is 4.90 Å². The fraction of sp³-hybridized carbons (Fsp3) is 0.559. The van der Waals surface area contributed by atoms with Crippen molar-refractivity contribution in [3.05, 3.63) is 71.0 Å². The summed E-state index contributed by atoms with van der Waals surface area (Å²) in [6.45, 7) is 6.87. The third-order valence-corrected chi connectivity index (χ3v) is 8.28. The smallest absolute Gasteiger partial charge is 0.288 e. The Labute approximate surface area is 254 Å². The standard InChI is InChI=1S/C34H45NO8/c1-2-42-34-29(11-6-14-36)31(28-10-5-9-27-26-8-4-3-7-25(26)23-30(27)28)24-32(43-34)33(37)35-12-15-38-17-19-40-21-22-41-20-18-39-16-13-35/h3-5,7-10,24,29,31,34,36H,2,6,11-23H2,1H3/t29-,31-,34-/m1/s1.